The molecule has 1 aliphatic carbocycles. The number of aliphatic carboxylic acids is 1. The van der Waals surface area contributed by atoms with Gasteiger partial charge in [-0.05, 0) is 30.4 Å². The average Bonchev–Trinajstić information content (AvgIpc) is 3.06. The molecule has 1 fully saturated rings. The lowest BCUT2D eigenvalue weighted by atomic mass is 10.2. The van der Waals surface area contributed by atoms with Crippen molar-refractivity contribution in [2.45, 2.75) is 25.3 Å². The van der Waals surface area contributed by atoms with Gasteiger partial charge in [0.1, 0.15) is 5.82 Å². The van der Waals surface area contributed by atoms with Crippen LogP contribution in [0.3, 0.4) is 0 Å². The summed E-state index contributed by atoms with van der Waals surface area (Å²) in [4.78, 5) is 17.4. The highest BCUT2D eigenvalue weighted by atomic mass is 32.1. The molecule has 0 spiro atoms. The molecule has 0 bridgehead atoms. The fourth-order valence-corrected chi connectivity index (χ4v) is 2.95. The summed E-state index contributed by atoms with van der Waals surface area (Å²) in [7, 11) is 0. The van der Waals surface area contributed by atoms with Crippen molar-refractivity contribution in [1.29, 1.82) is 0 Å². The molecule has 4 nitrogen and oxygen atoms in total. The van der Waals surface area contributed by atoms with E-state index in [1.54, 1.807) is 11.3 Å². The van der Waals surface area contributed by atoms with Gasteiger partial charge in [0.05, 0.1) is 6.42 Å². The van der Waals surface area contributed by atoms with Gasteiger partial charge in [-0.1, -0.05) is 0 Å². The van der Waals surface area contributed by atoms with Gasteiger partial charge in [0, 0.05) is 28.9 Å². The monoisotopic (exact) mass is 262 g/mol. The minimum Gasteiger partial charge on any atom is -0.481 e. The molecule has 0 radical (unpaired) electrons. The molecule has 1 saturated carbocycles. The molecule has 0 unspecified atom stereocenters. The number of hydrogen-bond acceptors (Lipinski definition) is 4. The Labute approximate surface area is 109 Å². The van der Waals surface area contributed by atoms with E-state index in [1.165, 1.54) is 4.70 Å². The van der Waals surface area contributed by atoms with E-state index in [0.29, 0.717) is 12.6 Å². The first-order valence-corrected chi connectivity index (χ1v) is 6.94. The Hall–Kier alpha value is -1.62. The lowest BCUT2D eigenvalue weighted by molar-refractivity contribution is -0.136. The Morgan fingerprint density at radius 1 is 1.50 bits per heavy atom. The standard InChI is InChI=1S/C13H14N2O2S/c16-12(17)4-7-15(9-1-2-9)13-10-5-8-18-11(10)3-6-14-13/h3,5-6,8-9H,1-2,4,7H2,(H,16,17). The van der Waals surface area contributed by atoms with Crippen LogP contribution in [0.5, 0.6) is 0 Å². The molecule has 3 rings (SSSR count). The topological polar surface area (TPSA) is 53.4 Å². The fourth-order valence-electron chi connectivity index (χ4n) is 2.17. The van der Waals surface area contributed by atoms with E-state index < -0.39 is 5.97 Å². The number of fused-ring (bicyclic) bond motifs is 1. The van der Waals surface area contributed by atoms with Crippen molar-refractivity contribution in [3.63, 3.8) is 0 Å². The zero-order chi connectivity index (χ0) is 12.5. The molecular weight excluding hydrogens is 248 g/mol. The smallest absolute Gasteiger partial charge is 0.305 e. The highest BCUT2D eigenvalue weighted by Crippen LogP contribution is 2.35. The van der Waals surface area contributed by atoms with Crippen molar-refractivity contribution in [3.8, 4) is 0 Å². The predicted octanol–water partition coefficient (Wildman–Crippen LogP) is 2.74. The first kappa shape index (κ1) is 11.5. The summed E-state index contributed by atoms with van der Waals surface area (Å²) in [6, 6.07) is 4.55. The number of carbonyl (C=O) groups is 1. The Bertz CT molecular complexity index is 577. The van der Waals surface area contributed by atoms with E-state index >= 15 is 0 Å². The number of aromatic nitrogens is 1. The SMILES string of the molecule is O=C(O)CCN(c1nccc2sccc12)C1CC1. The number of rotatable bonds is 5. The van der Waals surface area contributed by atoms with E-state index in [0.717, 1.165) is 24.0 Å². The van der Waals surface area contributed by atoms with E-state index in [1.807, 2.05) is 12.3 Å². The normalized spacial score (nSPS) is 14.9. The molecule has 2 aromatic rings. The van der Waals surface area contributed by atoms with Crippen LogP contribution in [0.1, 0.15) is 19.3 Å². The van der Waals surface area contributed by atoms with Crippen molar-refractivity contribution in [2.75, 3.05) is 11.4 Å². The maximum Gasteiger partial charge on any atom is 0.305 e. The van der Waals surface area contributed by atoms with Gasteiger partial charge in [-0.15, -0.1) is 11.3 Å². The summed E-state index contributed by atoms with van der Waals surface area (Å²) < 4.78 is 1.21. The second-order valence-electron chi connectivity index (χ2n) is 4.54. The summed E-state index contributed by atoms with van der Waals surface area (Å²) >= 11 is 1.69. The third-order valence-electron chi connectivity index (χ3n) is 3.19. The van der Waals surface area contributed by atoms with Gasteiger partial charge in [-0.25, -0.2) is 4.98 Å². The van der Waals surface area contributed by atoms with E-state index in [9.17, 15) is 4.79 Å². The van der Waals surface area contributed by atoms with Gasteiger partial charge < -0.3 is 10.0 Å². The molecule has 0 atom stereocenters. The number of carboxylic acids is 1. The molecule has 18 heavy (non-hydrogen) atoms. The van der Waals surface area contributed by atoms with Crippen molar-refractivity contribution in [3.05, 3.63) is 23.7 Å². The largest absolute Gasteiger partial charge is 0.481 e. The van der Waals surface area contributed by atoms with Gasteiger partial charge in [-0.3, -0.25) is 4.79 Å². The molecule has 1 aliphatic rings. The Kier molecular flexibility index (Phi) is 2.91. The number of nitrogens with zero attached hydrogens (tertiary/aromatic N) is 2. The van der Waals surface area contributed by atoms with Crippen LogP contribution in [0.2, 0.25) is 0 Å². The van der Waals surface area contributed by atoms with Gasteiger partial charge >= 0.3 is 5.97 Å². The summed E-state index contributed by atoms with van der Waals surface area (Å²) in [6.07, 6.45) is 4.26. The van der Waals surface area contributed by atoms with Crippen LogP contribution in [-0.4, -0.2) is 28.6 Å². The zero-order valence-electron chi connectivity index (χ0n) is 9.87. The van der Waals surface area contributed by atoms with Crippen LogP contribution >= 0.6 is 11.3 Å². The number of hydrogen-bond donors (Lipinski definition) is 1. The first-order valence-electron chi connectivity index (χ1n) is 6.06. The average molecular weight is 262 g/mol. The Morgan fingerprint density at radius 2 is 2.33 bits per heavy atom. The summed E-state index contributed by atoms with van der Waals surface area (Å²) in [6.45, 7) is 0.544. The lowest BCUT2D eigenvalue weighted by Gasteiger charge is -2.23. The summed E-state index contributed by atoms with van der Waals surface area (Å²) in [5.41, 5.74) is 0. The Morgan fingerprint density at radius 3 is 3.06 bits per heavy atom. The molecule has 5 heteroatoms. The minimum absolute atomic E-state index is 0.165. The van der Waals surface area contributed by atoms with Crippen molar-refractivity contribution in [1.82, 2.24) is 4.98 Å². The van der Waals surface area contributed by atoms with E-state index in [-0.39, 0.29) is 6.42 Å². The van der Waals surface area contributed by atoms with Crippen LogP contribution in [0.25, 0.3) is 10.1 Å². The molecule has 0 amide bonds. The van der Waals surface area contributed by atoms with Crippen LogP contribution in [-0.2, 0) is 4.79 Å². The van der Waals surface area contributed by atoms with Gasteiger partial charge in [0.2, 0.25) is 0 Å². The van der Waals surface area contributed by atoms with Gasteiger partial charge in [0.15, 0.2) is 0 Å². The van der Waals surface area contributed by atoms with Crippen molar-refractivity contribution in [2.24, 2.45) is 0 Å². The quantitative estimate of drug-likeness (QED) is 0.900. The number of thiophene rings is 1. The highest BCUT2D eigenvalue weighted by Gasteiger charge is 2.31. The maximum atomic E-state index is 10.7. The molecule has 0 saturated heterocycles. The molecule has 1 N–H and O–H groups in total. The fraction of sp³-hybridized carbons (Fsp3) is 0.385. The van der Waals surface area contributed by atoms with Crippen LogP contribution in [0, 0.1) is 0 Å². The maximum absolute atomic E-state index is 10.7. The molecule has 0 aromatic carbocycles. The molecular formula is C13H14N2O2S. The highest BCUT2D eigenvalue weighted by molar-refractivity contribution is 7.17. The number of pyridine rings is 1. The van der Waals surface area contributed by atoms with Crippen molar-refractivity contribution < 1.29 is 9.90 Å². The van der Waals surface area contributed by atoms with Gasteiger partial charge in [0.25, 0.3) is 0 Å². The third-order valence-corrected chi connectivity index (χ3v) is 4.07. The second kappa shape index (κ2) is 4.57. The third kappa shape index (κ3) is 2.18. The number of anilines is 1. The van der Waals surface area contributed by atoms with Gasteiger partial charge in [-0.2, -0.15) is 0 Å². The summed E-state index contributed by atoms with van der Waals surface area (Å²) in [5.74, 6) is 0.190. The molecule has 94 valence electrons. The predicted molar refractivity (Wildman–Crippen MR) is 72.2 cm³/mol. The van der Waals surface area contributed by atoms with E-state index in [2.05, 4.69) is 21.3 Å². The molecule has 0 aliphatic heterocycles. The van der Waals surface area contributed by atoms with Crippen LogP contribution in [0.15, 0.2) is 23.7 Å². The Balaban J connectivity index is 1.93. The number of carboxylic acid groups (broad SMARTS) is 1. The van der Waals surface area contributed by atoms with E-state index in [4.69, 9.17) is 5.11 Å². The first-order chi connectivity index (χ1) is 8.75. The summed E-state index contributed by atoms with van der Waals surface area (Å²) in [5, 5.41) is 12.0. The zero-order valence-corrected chi connectivity index (χ0v) is 10.7. The van der Waals surface area contributed by atoms with Crippen LogP contribution in [0.4, 0.5) is 5.82 Å². The minimum atomic E-state index is -0.752. The molecule has 2 aromatic heterocycles. The lowest BCUT2D eigenvalue weighted by Crippen LogP contribution is -2.29. The molecule has 2 heterocycles. The van der Waals surface area contributed by atoms with Crippen molar-refractivity contribution >= 4 is 33.2 Å². The second-order valence-corrected chi connectivity index (χ2v) is 5.48. The van der Waals surface area contributed by atoms with Crippen LogP contribution < -0.4 is 4.90 Å².